The van der Waals surface area contributed by atoms with Crippen LogP contribution in [0.1, 0.15) is 17.3 Å². The van der Waals surface area contributed by atoms with Crippen LogP contribution < -0.4 is 10.9 Å². The van der Waals surface area contributed by atoms with E-state index in [2.05, 4.69) is 15.3 Å². The first kappa shape index (κ1) is 21.8. The van der Waals surface area contributed by atoms with Crippen LogP contribution in [0.25, 0.3) is 22.0 Å². The first-order chi connectivity index (χ1) is 16.6. The number of amides is 1. The van der Waals surface area contributed by atoms with Crippen molar-refractivity contribution < 1.29 is 9.53 Å². The second kappa shape index (κ2) is 9.44. The van der Waals surface area contributed by atoms with Crippen molar-refractivity contribution in [1.82, 2.24) is 19.4 Å². The molecule has 1 saturated heterocycles. The maximum absolute atomic E-state index is 13.2. The van der Waals surface area contributed by atoms with E-state index in [9.17, 15) is 9.59 Å². The fourth-order valence-electron chi connectivity index (χ4n) is 4.15. The summed E-state index contributed by atoms with van der Waals surface area (Å²) < 4.78 is 7.06. The average Bonchev–Trinajstić information content (AvgIpc) is 2.89. The lowest BCUT2D eigenvalue weighted by Crippen LogP contribution is -2.40. The van der Waals surface area contributed by atoms with Crippen molar-refractivity contribution in [1.29, 1.82) is 0 Å². The second-order valence-electron chi connectivity index (χ2n) is 8.06. The molecule has 0 bridgehead atoms. The number of benzene rings is 1. The van der Waals surface area contributed by atoms with E-state index >= 15 is 0 Å². The van der Waals surface area contributed by atoms with Crippen LogP contribution in [-0.2, 0) is 11.3 Å². The predicted octanol–water partition coefficient (Wildman–Crippen LogP) is 3.69. The van der Waals surface area contributed by atoms with Crippen LogP contribution in [0.2, 0.25) is 0 Å². The van der Waals surface area contributed by atoms with Crippen molar-refractivity contribution in [2.24, 2.45) is 0 Å². The third-order valence-corrected chi connectivity index (χ3v) is 5.94. The Labute approximate surface area is 196 Å². The molecule has 3 aromatic heterocycles. The first-order valence-electron chi connectivity index (χ1n) is 11.3. The molecule has 1 N–H and O–H groups in total. The summed E-state index contributed by atoms with van der Waals surface area (Å²) in [7, 11) is 0. The number of carbonyl (C=O) groups excluding carboxylic acids is 1. The molecule has 172 valence electrons. The van der Waals surface area contributed by atoms with Gasteiger partial charge < -0.3 is 19.5 Å². The molecular weight excluding hydrogens is 430 g/mol. The number of morpholine rings is 1. The number of nitrogens with zero attached hydrogens (tertiary/aromatic N) is 4. The van der Waals surface area contributed by atoms with Crippen molar-refractivity contribution in [2.45, 2.75) is 13.5 Å². The normalized spacial score (nSPS) is 13.7. The van der Waals surface area contributed by atoms with E-state index in [0.717, 1.165) is 16.5 Å². The van der Waals surface area contributed by atoms with Gasteiger partial charge in [-0.25, -0.2) is 9.97 Å². The summed E-state index contributed by atoms with van der Waals surface area (Å²) in [5, 5.41) is 4.06. The largest absolute Gasteiger partial charge is 0.378 e. The van der Waals surface area contributed by atoms with E-state index in [1.807, 2.05) is 49.4 Å². The standard InChI is InChI=1S/C26H25N5O3/c1-2-31-22-15-24(28-17-20(22)14-21(26(31)33)18-6-4-3-5-7-18)29-23-9-8-19(16-27-23)25(32)30-10-12-34-13-11-30/h3-9,14-17H,2,10-13H2,1H3,(H,27,28,29). The molecule has 4 aromatic rings. The smallest absolute Gasteiger partial charge is 0.258 e. The highest BCUT2D eigenvalue weighted by Crippen LogP contribution is 2.23. The van der Waals surface area contributed by atoms with Crippen LogP contribution in [0, 0.1) is 0 Å². The number of anilines is 2. The van der Waals surface area contributed by atoms with Crippen LogP contribution >= 0.6 is 0 Å². The van der Waals surface area contributed by atoms with Gasteiger partial charge in [0.2, 0.25) is 0 Å². The summed E-state index contributed by atoms with van der Waals surface area (Å²) in [6.45, 7) is 4.78. The minimum absolute atomic E-state index is 0.0394. The number of hydrogen-bond acceptors (Lipinski definition) is 6. The highest BCUT2D eigenvalue weighted by Gasteiger charge is 2.19. The SMILES string of the molecule is CCn1c(=O)c(-c2ccccc2)cc2cnc(Nc3ccc(C(=O)N4CCOCC4)cn3)cc21. The third kappa shape index (κ3) is 4.27. The molecule has 1 aliphatic rings. The summed E-state index contributed by atoms with van der Waals surface area (Å²) in [6.07, 6.45) is 3.32. The zero-order chi connectivity index (χ0) is 23.5. The molecule has 4 heterocycles. The highest BCUT2D eigenvalue weighted by atomic mass is 16.5. The Kier molecular flexibility index (Phi) is 6.05. The highest BCUT2D eigenvalue weighted by molar-refractivity contribution is 5.94. The summed E-state index contributed by atoms with van der Waals surface area (Å²) in [6, 6.07) is 16.9. The summed E-state index contributed by atoms with van der Waals surface area (Å²) in [4.78, 5) is 36.5. The Balaban J connectivity index is 1.41. The molecule has 1 aliphatic heterocycles. The monoisotopic (exact) mass is 455 g/mol. The molecule has 5 rings (SSSR count). The molecule has 0 atom stereocenters. The molecule has 0 aliphatic carbocycles. The van der Waals surface area contributed by atoms with Gasteiger partial charge in [0, 0.05) is 49.0 Å². The Morgan fingerprint density at radius 1 is 1.00 bits per heavy atom. The third-order valence-electron chi connectivity index (χ3n) is 5.94. The first-order valence-corrected chi connectivity index (χ1v) is 11.3. The Morgan fingerprint density at radius 3 is 2.47 bits per heavy atom. The fraction of sp³-hybridized carbons (Fsp3) is 0.231. The molecule has 0 spiro atoms. The van der Waals surface area contributed by atoms with Gasteiger partial charge in [0.25, 0.3) is 11.5 Å². The Hall–Kier alpha value is -4.04. The molecular formula is C26H25N5O3. The molecule has 1 amide bonds. The Bertz CT molecular complexity index is 1380. The number of aromatic nitrogens is 3. The molecule has 1 fully saturated rings. The number of fused-ring (bicyclic) bond motifs is 1. The molecule has 8 heteroatoms. The predicted molar refractivity (Wildman–Crippen MR) is 131 cm³/mol. The maximum atomic E-state index is 13.2. The van der Waals surface area contributed by atoms with E-state index < -0.39 is 0 Å². The van der Waals surface area contributed by atoms with Gasteiger partial charge in [-0.2, -0.15) is 0 Å². The maximum Gasteiger partial charge on any atom is 0.258 e. The van der Waals surface area contributed by atoms with Crippen molar-refractivity contribution in [3.8, 4) is 11.1 Å². The number of pyridine rings is 3. The zero-order valence-electron chi connectivity index (χ0n) is 18.9. The van der Waals surface area contributed by atoms with Crippen LogP contribution in [0.4, 0.5) is 11.6 Å². The van der Waals surface area contributed by atoms with Crippen LogP contribution in [0.15, 0.2) is 71.8 Å². The van der Waals surface area contributed by atoms with Crippen LogP contribution in [-0.4, -0.2) is 51.6 Å². The van der Waals surface area contributed by atoms with E-state index in [0.29, 0.717) is 55.6 Å². The number of hydrogen-bond donors (Lipinski definition) is 1. The van der Waals surface area contributed by atoms with Gasteiger partial charge in [-0.3, -0.25) is 9.59 Å². The van der Waals surface area contributed by atoms with E-state index in [1.165, 1.54) is 0 Å². The van der Waals surface area contributed by atoms with Crippen molar-refractivity contribution in [3.05, 3.63) is 82.9 Å². The summed E-state index contributed by atoms with van der Waals surface area (Å²) >= 11 is 0. The quantitative estimate of drug-likeness (QED) is 0.494. The molecule has 0 radical (unpaired) electrons. The van der Waals surface area contributed by atoms with E-state index in [1.54, 1.807) is 34.0 Å². The molecule has 8 nitrogen and oxygen atoms in total. The van der Waals surface area contributed by atoms with E-state index in [-0.39, 0.29) is 11.5 Å². The molecule has 0 unspecified atom stereocenters. The molecule has 0 saturated carbocycles. The fourth-order valence-corrected chi connectivity index (χ4v) is 4.15. The minimum Gasteiger partial charge on any atom is -0.378 e. The van der Waals surface area contributed by atoms with Crippen molar-refractivity contribution >= 4 is 28.4 Å². The summed E-state index contributed by atoms with van der Waals surface area (Å²) in [5.74, 6) is 1.09. The second-order valence-corrected chi connectivity index (χ2v) is 8.06. The van der Waals surface area contributed by atoms with Crippen molar-refractivity contribution in [3.63, 3.8) is 0 Å². The molecule has 34 heavy (non-hydrogen) atoms. The van der Waals surface area contributed by atoms with Gasteiger partial charge in [0.05, 0.1) is 24.3 Å². The lowest BCUT2D eigenvalue weighted by atomic mass is 10.1. The summed E-state index contributed by atoms with van der Waals surface area (Å²) in [5.41, 5.74) is 2.83. The number of rotatable bonds is 5. The van der Waals surface area contributed by atoms with Crippen molar-refractivity contribution in [2.75, 3.05) is 31.6 Å². The number of aryl methyl sites for hydroxylation is 1. The van der Waals surface area contributed by atoms with Gasteiger partial charge in [0.1, 0.15) is 11.6 Å². The minimum atomic E-state index is -0.0487. The number of carbonyl (C=O) groups is 1. The molecule has 1 aromatic carbocycles. The zero-order valence-corrected chi connectivity index (χ0v) is 18.9. The number of ether oxygens (including phenoxy) is 1. The average molecular weight is 456 g/mol. The lowest BCUT2D eigenvalue weighted by molar-refractivity contribution is 0.0302. The Morgan fingerprint density at radius 2 is 1.76 bits per heavy atom. The van der Waals surface area contributed by atoms with Crippen LogP contribution in [0.5, 0.6) is 0 Å². The van der Waals surface area contributed by atoms with Crippen LogP contribution in [0.3, 0.4) is 0 Å². The van der Waals surface area contributed by atoms with Gasteiger partial charge in [-0.1, -0.05) is 30.3 Å². The van der Waals surface area contributed by atoms with E-state index in [4.69, 9.17) is 4.74 Å². The van der Waals surface area contributed by atoms with Gasteiger partial charge in [-0.05, 0) is 30.7 Å². The number of nitrogens with one attached hydrogen (secondary N) is 1. The van der Waals surface area contributed by atoms with Gasteiger partial charge in [0.15, 0.2) is 0 Å². The van der Waals surface area contributed by atoms with Gasteiger partial charge in [-0.15, -0.1) is 0 Å². The topological polar surface area (TPSA) is 89.4 Å². The van der Waals surface area contributed by atoms with Gasteiger partial charge >= 0.3 is 0 Å². The lowest BCUT2D eigenvalue weighted by Gasteiger charge is -2.26.